The lowest BCUT2D eigenvalue weighted by atomic mass is 9.91. The van der Waals surface area contributed by atoms with Gasteiger partial charge in [0.15, 0.2) is 0 Å². The molecule has 4 nitrogen and oxygen atoms in total. The van der Waals surface area contributed by atoms with E-state index in [2.05, 4.69) is 17.1 Å². The lowest BCUT2D eigenvalue weighted by Gasteiger charge is -2.15. The van der Waals surface area contributed by atoms with E-state index in [0.717, 1.165) is 12.5 Å². The predicted molar refractivity (Wildman–Crippen MR) is 86.8 cm³/mol. The third-order valence-electron chi connectivity index (χ3n) is 2.91. The van der Waals surface area contributed by atoms with Gasteiger partial charge in [-0.25, -0.2) is 0 Å². The van der Waals surface area contributed by atoms with Crippen molar-refractivity contribution in [1.82, 2.24) is 14.8 Å². The van der Waals surface area contributed by atoms with Crippen LogP contribution in [-0.4, -0.2) is 28.5 Å². The lowest BCUT2D eigenvalue weighted by molar-refractivity contribution is 0.187. The SMILES string of the molecule is CC.CC.CC1CCCCC1.COCCn1cnnc1. The minimum Gasteiger partial charge on any atom is -0.383 e. The van der Waals surface area contributed by atoms with Gasteiger partial charge in [0.25, 0.3) is 0 Å². The molecular weight excluding hydrogens is 250 g/mol. The Labute approximate surface area is 125 Å². The van der Waals surface area contributed by atoms with Crippen molar-refractivity contribution in [2.75, 3.05) is 13.7 Å². The fraction of sp³-hybridized carbons (Fsp3) is 0.875. The Bertz CT molecular complexity index is 244. The van der Waals surface area contributed by atoms with Crippen molar-refractivity contribution in [3.8, 4) is 0 Å². The molecule has 0 radical (unpaired) electrons. The van der Waals surface area contributed by atoms with Crippen LogP contribution in [0.25, 0.3) is 0 Å². The molecule has 1 heterocycles. The van der Waals surface area contributed by atoms with Crippen molar-refractivity contribution >= 4 is 0 Å². The Hall–Kier alpha value is -0.900. The molecule has 0 spiro atoms. The molecule has 1 aromatic heterocycles. The first kappa shape index (κ1) is 21.4. The molecule has 0 unspecified atom stereocenters. The van der Waals surface area contributed by atoms with Crippen LogP contribution in [0.5, 0.6) is 0 Å². The summed E-state index contributed by atoms with van der Waals surface area (Å²) in [5.74, 6) is 1.04. The Morgan fingerprint density at radius 2 is 1.50 bits per heavy atom. The first-order valence-corrected chi connectivity index (χ1v) is 8.14. The van der Waals surface area contributed by atoms with E-state index < -0.39 is 0 Å². The monoisotopic (exact) mass is 285 g/mol. The summed E-state index contributed by atoms with van der Waals surface area (Å²) in [6, 6.07) is 0. The average Bonchev–Trinajstić information content (AvgIpc) is 3.04. The standard InChI is InChI=1S/C7H14.C5H9N3O.2C2H6/c1-7-5-3-2-4-6-7;1-9-3-2-8-4-6-7-5-8;2*1-2/h7H,2-6H2,1H3;4-5H,2-3H2,1H3;2*1-2H3. The zero-order valence-corrected chi connectivity index (χ0v) is 14.4. The van der Waals surface area contributed by atoms with E-state index in [1.807, 2.05) is 32.3 Å². The Balaban J connectivity index is 0. The molecule has 0 saturated heterocycles. The van der Waals surface area contributed by atoms with Crippen LogP contribution in [-0.2, 0) is 11.3 Å². The summed E-state index contributed by atoms with van der Waals surface area (Å²) in [6.07, 6.45) is 10.8. The molecule has 120 valence electrons. The summed E-state index contributed by atoms with van der Waals surface area (Å²) in [7, 11) is 1.67. The zero-order chi connectivity index (χ0) is 15.6. The molecule has 2 rings (SSSR count). The van der Waals surface area contributed by atoms with Crippen molar-refractivity contribution in [3.05, 3.63) is 12.7 Å². The highest BCUT2D eigenvalue weighted by atomic mass is 16.5. The van der Waals surface area contributed by atoms with Gasteiger partial charge in [-0.05, 0) is 5.92 Å². The van der Waals surface area contributed by atoms with Crippen LogP contribution in [0.15, 0.2) is 12.7 Å². The quantitative estimate of drug-likeness (QED) is 0.817. The molecule has 1 aliphatic carbocycles. The maximum Gasteiger partial charge on any atom is 0.119 e. The second-order valence-corrected chi connectivity index (χ2v) is 4.44. The minimum atomic E-state index is 0.706. The van der Waals surface area contributed by atoms with Crippen LogP contribution in [0.1, 0.15) is 66.7 Å². The highest BCUT2D eigenvalue weighted by Crippen LogP contribution is 2.22. The van der Waals surface area contributed by atoms with E-state index in [4.69, 9.17) is 4.74 Å². The molecule has 0 aromatic carbocycles. The summed E-state index contributed by atoms with van der Waals surface area (Å²) in [4.78, 5) is 0. The summed E-state index contributed by atoms with van der Waals surface area (Å²) in [5.41, 5.74) is 0. The largest absolute Gasteiger partial charge is 0.383 e. The van der Waals surface area contributed by atoms with E-state index in [9.17, 15) is 0 Å². The summed E-state index contributed by atoms with van der Waals surface area (Å²) >= 11 is 0. The molecule has 4 heteroatoms. The fourth-order valence-corrected chi connectivity index (χ4v) is 1.84. The molecule has 1 fully saturated rings. The molecule has 20 heavy (non-hydrogen) atoms. The van der Waals surface area contributed by atoms with E-state index in [-0.39, 0.29) is 0 Å². The minimum absolute atomic E-state index is 0.706. The molecule has 0 N–H and O–H groups in total. The topological polar surface area (TPSA) is 39.9 Å². The van der Waals surface area contributed by atoms with Crippen LogP contribution in [0.4, 0.5) is 0 Å². The van der Waals surface area contributed by atoms with Gasteiger partial charge >= 0.3 is 0 Å². The highest BCUT2D eigenvalue weighted by molar-refractivity contribution is 4.59. The van der Waals surface area contributed by atoms with Crippen LogP contribution < -0.4 is 0 Å². The molecule has 0 aliphatic heterocycles. The molecule has 0 atom stereocenters. The van der Waals surface area contributed by atoms with Crippen molar-refractivity contribution in [3.63, 3.8) is 0 Å². The van der Waals surface area contributed by atoms with Gasteiger partial charge in [-0.3, -0.25) is 0 Å². The van der Waals surface area contributed by atoms with Gasteiger partial charge < -0.3 is 9.30 Å². The maximum atomic E-state index is 4.84. The Morgan fingerprint density at radius 3 is 1.85 bits per heavy atom. The van der Waals surface area contributed by atoms with Crippen molar-refractivity contribution in [2.45, 2.75) is 73.3 Å². The summed E-state index contributed by atoms with van der Waals surface area (Å²) < 4.78 is 6.70. The number of rotatable bonds is 3. The molecule has 1 aliphatic rings. The smallest absolute Gasteiger partial charge is 0.119 e. The van der Waals surface area contributed by atoms with Crippen molar-refractivity contribution < 1.29 is 4.74 Å². The van der Waals surface area contributed by atoms with Gasteiger partial charge in [0, 0.05) is 13.7 Å². The third-order valence-corrected chi connectivity index (χ3v) is 2.91. The van der Waals surface area contributed by atoms with Crippen LogP contribution in [0.3, 0.4) is 0 Å². The van der Waals surface area contributed by atoms with Gasteiger partial charge in [0.1, 0.15) is 12.7 Å². The third kappa shape index (κ3) is 13.5. The number of aromatic nitrogens is 3. The van der Waals surface area contributed by atoms with Crippen LogP contribution in [0, 0.1) is 5.92 Å². The van der Waals surface area contributed by atoms with Gasteiger partial charge in [-0.2, -0.15) is 0 Å². The highest BCUT2D eigenvalue weighted by Gasteiger charge is 2.05. The molecular formula is C16H35N3O. The van der Waals surface area contributed by atoms with Gasteiger partial charge in [0.05, 0.1) is 6.61 Å². The Morgan fingerprint density at radius 1 is 1.00 bits per heavy atom. The average molecular weight is 285 g/mol. The van der Waals surface area contributed by atoms with Gasteiger partial charge in [0.2, 0.25) is 0 Å². The fourth-order valence-electron chi connectivity index (χ4n) is 1.84. The van der Waals surface area contributed by atoms with E-state index >= 15 is 0 Å². The predicted octanol–water partition coefficient (Wildman–Crippen LogP) is 4.56. The number of hydrogen-bond acceptors (Lipinski definition) is 3. The number of ether oxygens (including phenoxy) is 1. The second-order valence-electron chi connectivity index (χ2n) is 4.44. The first-order chi connectivity index (χ1) is 9.83. The van der Waals surface area contributed by atoms with E-state index in [1.165, 1.54) is 32.1 Å². The molecule has 1 aromatic rings. The number of methoxy groups -OCH3 is 1. The maximum absolute atomic E-state index is 4.84. The first-order valence-electron chi connectivity index (χ1n) is 8.14. The van der Waals surface area contributed by atoms with Gasteiger partial charge in [-0.15, -0.1) is 10.2 Å². The van der Waals surface area contributed by atoms with Crippen LogP contribution in [0.2, 0.25) is 0 Å². The van der Waals surface area contributed by atoms with Crippen molar-refractivity contribution in [1.29, 1.82) is 0 Å². The molecule has 1 saturated carbocycles. The Kier molecular flexibility index (Phi) is 19.4. The zero-order valence-electron chi connectivity index (χ0n) is 14.4. The summed E-state index contributed by atoms with van der Waals surface area (Å²) in [5, 5.41) is 7.26. The molecule has 0 bridgehead atoms. The number of hydrogen-bond donors (Lipinski definition) is 0. The van der Waals surface area contributed by atoms with Crippen molar-refractivity contribution in [2.24, 2.45) is 5.92 Å². The normalized spacial score (nSPS) is 13.9. The summed E-state index contributed by atoms with van der Waals surface area (Å²) in [6.45, 7) is 11.9. The lowest BCUT2D eigenvalue weighted by Crippen LogP contribution is -2.00. The van der Waals surface area contributed by atoms with Crippen LogP contribution >= 0.6 is 0 Å². The van der Waals surface area contributed by atoms with Gasteiger partial charge in [-0.1, -0.05) is 66.7 Å². The molecule has 0 amide bonds. The van der Waals surface area contributed by atoms with E-state index in [0.29, 0.717) is 6.61 Å². The second kappa shape index (κ2) is 18.1. The number of nitrogens with zero attached hydrogens (tertiary/aromatic N) is 3. The van der Waals surface area contributed by atoms with E-state index in [1.54, 1.807) is 19.8 Å².